The number of nitrogens with zero attached hydrogens (tertiary/aromatic N) is 2. The van der Waals surface area contributed by atoms with Crippen LogP contribution in [0.15, 0.2) is 18.5 Å². The number of pyridine rings is 1. The van der Waals surface area contributed by atoms with Crippen molar-refractivity contribution in [2.75, 3.05) is 0 Å². The number of hydrogen-bond acceptors (Lipinski definition) is 3. The number of carbonyl (C=O) groups excluding carboxylic acids is 1. The molecular formula is C12H13N3O. The van der Waals surface area contributed by atoms with Crippen LogP contribution in [0.5, 0.6) is 0 Å². The molecule has 1 fully saturated rings. The molecule has 1 atom stereocenters. The molecule has 0 aromatic carbocycles. The van der Waals surface area contributed by atoms with Crippen LogP contribution in [-0.2, 0) is 0 Å². The van der Waals surface area contributed by atoms with Gasteiger partial charge < -0.3 is 5.32 Å². The summed E-state index contributed by atoms with van der Waals surface area (Å²) in [7, 11) is 0. The highest BCUT2D eigenvalue weighted by Crippen LogP contribution is 2.32. The minimum atomic E-state index is -0.354. The SMILES string of the molecule is Cc1cncc(C(=O)NC(C#N)C2CC2)c1. The third kappa shape index (κ3) is 2.37. The highest BCUT2D eigenvalue weighted by molar-refractivity contribution is 5.94. The summed E-state index contributed by atoms with van der Waals surface area (Å²) in [5, 5.41) is 11.6. The number of carbonyl (C=O) groups is 1. The van der Waals surface area contributed by atoms with Crippen molar-refractivity contribution in [1.82, 2.24) is 10.3 Å². The van der Waals surface area contributed by atoms with E-state index < -0.39 is 0 Å². The molecule has 1 aliphatic carbocycles. The second-order valence-corrected chi connectivity index (χ2v) is 4.17. The molecule has 4 nitrogen and oxygen atoms in total. The third-order valence-corrected chi connectivity index (χ3v) is 2.66. The smallest absolute Gasteiger partial charge is 0.253 e. The first kappa shape index (κ1) is 10.6. The van der Waals surface area contributed by atoms with Crippen LogP contribution in [-0.4, -0.2) is 16.9 Å². The second-order valence-electron chi connectivity index (χ2n) is 4.17. The van der Waals surface area contributed by atoms with E-state index in [1.54, 1.807) is 12.3 Å². The molecule has 2 rings (SSSR count). The van der Waals surface area contributed by atoms with Crippen LogP contribution >= 0.6 is 0 Å². The highest BCUT2D eigenvalue weighted by atomic mass is 16.1. The van der Waals surface area contributed by atoms with Gasteiger partial charge in [-0.05, 0) is 37.3 Å². The molecule has 1 heterocycles. The molecule has 0 saturated heterocycles. The quantitative estimate of drug-likeness (QED) is 0.829. The number of aryl methyl sites for hydroxylation is 1. The second kappa shape index (κ2) is 4.31. The van der Waals surface area contributed by atoms with Gasteiger partial charge in [-0.2, -0.15) is 5.26 Å². The Bertz CT molecular complexity index is 446. The van der Waals surface area contributed by atoms with E-state index in [0.717, 1.165) is 18.4 Å². The van der Waals surface area contributed by atoms with Crippen molar-refractivity contribution in [3.05, 3.63) is 29.6 Å². The van der Waals surface area contributed by atoms with E-state index in [0.29, 0.717) is 11.5 Å². The van der Waals surface area contributed by atoms with Gasteiger partial charge in [0.2, 0.25) is 0 Å². The number of amides is 1. The van der Waals surface area contributed by atoms with Crippen molar-refractivity contribution in [2.45, 2.75) is 25.8 Å². The average molecular weight is 215 g/mol. The van der Waals surface area contributed by atoms with Crippen LogP contribution < -0.4 is 5.32 Å². The highest BCUT2D eigenvalue weighted by Gasteiger charge is 2.32. The summed E-state index contributed by atoms with van der Waals surface area (Å²) >= 11 is 0. The van der Waals surface area contributed by atoms with Gasteiger partial charge in [0, 0.05) is 12.4 Å². The largest absolute Gasteiger partial charge is 0.336 e. The zero-order valence-electron chi connectivity index (χ0n) is 9.10. The van der Waals surface area contributed by atoms with E-state index in [4.69, 9.17) is 5.26 Å². The molecule has 1 aromatic heterocycles. The average Bonchev–Trinajstić information content (AvgIpc) is 3.09. The molecule has 0 spiro atoms. The van der Waals surface area contributed by atoms with E-state index in [9.17, 15) is 4.79 Å². The molecular weight excluding hydrogens is 202 g/mol. The lowest BCUT2D eigenvalue weighted by molar-refractivity contribution is 0.0941. The Labute approximate surface area is 94.3 Å². The Morgan fingerprint density at radius 1 is 1.62 bits per heavy atom. The monoisotopic (exact) mass is 215 g/mol. The minimum absolute atomic E-state index is 0.213. The lowest BCUT2D eigenvalue weighted by Crippen LogP contribution is -2.35. The van der Waals surface area contributed by atoms with Crippen molar-refractivity contribution in [1.29, 1.82) is 5.26 Å². The van der Waals surface area contributed by atoms with Crippen LogP contribution in [0.4, 0.5) is 0 Å². The molecule has 0 aliphatic heterocycles. The Kier molecular flexibility index (Phi) is 2.86. The molecule has 1 aromatic rings. The third-order valence-electron chi connectivity index (χ3n) is 2.66. The standard InChI is InChI=1S/C12H13N3O/c1-8-4-10(7-14-6-8)12(16)15-11(5-13)9-2-3-9/h4,6-7,9,11H,2-3H2,1H3,(H,15,16). The van der Waals surface area contributed by atoms with Gasteiger partial charge in [-0.3, -0.25) is 9.78 Å². The predicted octanol–water partition coefficient (Wildman–Crippen LogP) is 1.42. The first-order valence-electron chi connectivity index (χ1n) is 5.33. The number of nitrogens with one attached hydrogen (secondary N) is 1. The summed E-state index contributed by atoms with van der Waals surface area (Å²) in [5.41, 5.74) is 1.45. The number of hydrogen-bond donors (Lipinski definition) is 1. The van der Waals surface area contributed by atoms with Crippen molar-refractivity contribution in [2.24, 2.45) is 5.92 Å². The van der Waals surface area contributed by atoms with Crippen LogP contribution in [0.3, 0.4) is 0 Å². The van der Waals surface area contributed by atoms with Crippen molar-refractivity contribution in [3.63, 3.8) is 0 Å². The normalized spacial score (nSPS) is 16.2. The van der Waals surface area contributed by atoms with Crippen molar-refractivity contribution in [3.8, 4) is 6.07 Å². The Hall–Kier alpha value is -1.89. The molecule has 0 radical (unpaired) electrons. The van der Waals surface area contributed by atoms with E-state index in [2.05, 4.69) is 16.4 Å². The van der Waals surface area contributed by atoms with Gasteiger partial charge in [-0.15, -0.1) is 0 Å². The molecule has 16 heavy (non-hydrogen) atoms. The van der Waals surface area contributed by atoms with E-state index in [-0.39, 0.29) is 11.9 Å². The van der Waals surface area contributed by atoms with E-state index >= 15 is 0 Å². The molecule has 82 valence electrons. The van der Waals surface area contributed by atoms with Gasteiger partial charge >= 0.3 is 0 Å². The maximum absolute atomic E-state index is 11.8. The predicted molar refractivity (Wildman–Crippen MR) is 58.6 cm³/mol. The topological polar surface area (TPSA) is 65.8 Å². The summed E-state index contributed by atoms with van der Waals surface area (Å²) in [6.45, 7) is 1.88. The number of aromatic nitrogens is 1. The first-order chi connectivity index (χ1) is 7.70. The van der Waals surface area contributed by atoms with Gasteiger partial charge in [0.05, 0.1) is 11.6 Å². The summed E-state index contributed by atoms with van der Waals surface area (Å²) in [4.78, 5) is 15.8. The number of rotatable bonds is 3. The maximum Gasteiger partial charge on any atom is 0.253 e. The number of nitriles is 1. The molecule has 1 aliphatic rings. The van der Waals surface area contributed by atoms with Gasteiger partial charge in [-0.1, -0.05) is 0 Å². The fourth-order valence-corrected chi connectivity index (χ4v) is 1.59. The Morgan fingerprint density at radius 2 is 2.38 bits per heavy atom. The summed E-state index contributed by atoms with van der Waals surface area (Å²) in [6.07, 6.45) is 5.28. The van der Waals surface area contributed by atoms with Gasteiger partial charge in [0.15, 0.2) is 0 Å². The van der Waals surface area contributed by atoms with Crippen LogP contribution in [0, 0.1) is 24.2 Å². The Morgan fingerprint density at radius 3 is 2.94 bits per heavy atom. The molecule has 4 heteroatoms. The van der Waals surface area contributed by atoms with Gasteiger partial charge in [-0.25, -0.2) is 0 Å². The summed E-state index contributed by atoms with van der Waals surface area (Å²) < 4.78 is 0. The van der Waals surface area contributed by atoms with Crippen LogP contribution in [0.25, 0.3) is 0 Å². The van der Waals surface area contributed by atoms with E-state index in [1.165, 1.54) is 6.20 Å². The van der Waals surface area contributed by atoms with Gasteiger partial charge in [0.25, 0.3) is 5.91 Å². The molecule has 1 saturated carbocycles. The fraction of sp³-hybridized carbons (Fsp3) is 0.417. The lowest BCUT2D eigenvalue weighted by atomic mass is 10.1. The van der Waals surface area contributed by atoms with E-state index in [1.807, 2.05) is 6.92 Å². The van der Waals surface area contributed by atoms with Crippen molar-refractivity contribution < 1.29 is 4.79 Å². The molecule has 1 N–H and O–H groups in total. The zero-order valence-corrected chi connectivity index (χ0v) is 9.10. The van der Waals surface area contributed by atoms with Crippen LogP contribution in [0.2, 0.25) is 0 Å². The van der Waals surface area contributed by atoms with Gasteiger partial charge in [0.1, 0.15) is 6.04 Å². The fourth-order valence-electron chi connectivity index (χ4n) is 1.59. The lowest BCUT2D eigenvalue weighted by Gasteiger charge is -2.10. The van der Waals surface area contributed by atoms with Crippen LogP contribution in [0.1, 0.15) is 28.8 Å². The summed E-state index contributed by atoms with van der Waals surface area (Å²) in [5.74, 6) is 0.126. The molecule has 0 bridgehead atoms. The Balaban J connectivity index is 2.05. The van der Waals surface area contributed by atoms with Crippen molar-refractivity contribution >= 4 is 5.91 Å². The zero-order chi connectivity index (χ0) is 11.5. The summed E-state index contributed by atoms with van der Waals surface area (Å²) in [6, 6.07) is 3.54. The first-order valence-corrected chi connectivity index (χ1v) is 5.33. The molecule has 1 amide bonds. The molecule has 1 unspecified atom stereocenters. The minimum Gasteiger partial charge on any atom is -0.336 e. The maximum atomic E-state index is 11.8.